The molecule has 1 aromatic heterocycles. The summed E-state index contributed by atoms with van der Waals surface area (Å²) in [5, 5.41) is 14.8. The number of nitrogens with zero attached hydrogens (tertiary/aromatic N) is 1. The van der Waals surface area contributed by atoms with Gasteiger partial charge >= 0.3 is 0 Å². The lowest BCUT2D eigenvalue weighted by Gasteiger charge is -2.08. The van der Waals surface area contributed by atoms with Gasteiger partial charge in [-0.3, -0.25) is 0 Å². The van der Waals surface area contributed by atoms with Crippen LogP contribution in [0.2, 0.25) is 0 Å². The highest BCUT2D eigenvalue weighted by molar-refractivity contribution is 14.1. The number of fused-ring (bicyclic) bond motifs is 1. The fourth-order valence-corrected chi connectivity index (χ4v) is 3.77. The number of aromatic amines is 1. The molecular formula is C23H20IN3O. The molecule has 0 aliphatic carbocycles. The zero-order chi connectivity index (χ0) is 19.5. The number of halogens is 1. The van der Waals surface area contributed by atoms with E-state index < -0.39 is 0 Å². The van der Waals surface area contributed by atoms with Gasteiger partial charge in [-0.25, -0.2) is 4.99 Å². The van der Waals surface area contributed by atoms with Crippen molar-refractivity contribution in [3.05, 3.63) is 93.1 Å². The SMILES string of the molecule is CNCc1ccc(N=C(c2ccccc2)c2c(O)[nH]c3cc(I)ccc23)cc1. The molecule has 0 aliphatic rings. The summed E-state index contributed by atoms with van der Waals surface area (Å²) in [6.07, 6.45) is 0. The Hall–Kier alpha value is -2.64. The van der Waals surface area contributed by atoms with Gasteiger partial charge in [0.2, 0.25) is 0 Å². The van der Waals surface area contributed by atoms with Crippen LogP contribution in [-0.4, -0.2) is 22.8 Å². The number of hydrogen-bond donors (Lipinski definition) is 3. The van der Waals surface area contributed by atoms with Crippen molar-refractivity contribution in [2.75, 3.05) is 7.05 Å². The summed E-state index contributed by atoms with van der Waals surface area (Å²) in [6, 6.07) is 24.2. The molecule has 0 amide bonds. The predicted molar refractivity (Wildman–Crippen MR) is 124 cm³/mol. The third kappa shape index (κ3) is 3.81. The number of H-pyrrole nitrogens is 1. The van der Waals surface area contributed by atoms with Crippen LogP contribution < -0.4 is 5.32 Å². The van der Waals surface area contributed by atoms with Gasteiger partial charge in [0.25, 0.3) is 0 Å². The van der Waals surface area contributed by atoms with Gasteiger partial charge < -0.3 is 15.4 Å². The maximum Gasteiger partial charge on any atom is 0.199 e. The lowest BCUT2D eigenvalue weighted by molar-refractivity contribution is 0.457. The van der Waals surface area contributed by atoms with Gasteiger partial charge in [0, 0.05) is 21.1 Å². The molecule has 0 radical (unpaired) electrons. The Morgan fingerprint density at radius 1 is 1.04 bits per heavy atom. The van der Waals surface area contributed by atoms with Crippen molar-refractivity contribution in [3.8, 4) is 5.88 Å². The highest BCUT2D eigenvalue weighted by atomic mass is 127. The normalized spacial score (nSPS) is 11.9. The number of aromatic nitrogens is 1. The summed E-state index contributed by atoms with van der Waals surface area (Å²) >= 11 is 2.27. The largest absolute Gasteiger partial charge is 0.494 e. The zero-order valence-corrected chi connectivity index (χ0v) is 17.6. The van der Waals surface area contributed by atoms with Crippen LogP contribution in [-0.2, 0) is 6.54 Å². The first-order chi connectivity index (χ1) is 13.7. The average molecular weight is 481 g/mol. The Morgan fingerprint density at radius 3 is 2.50 bits per heavy atom. The fraction of sp³-hybridized carbons (Fsp3) is 0.0870. The third-order valence-corrected chi connectivity index (χ3v) is 5.25. The Morgan fingerprint density at radius 2 is 1.79 bits per heavy atom. The smallest absolute Gasteiger partial charge is 0.199 e. The summed E-state index contributed by atoms with van der Waals surface area (Å²) < 4.78 is 1.11. The van der Waals surface area contributed by atoms with E-state index in [1.165, 1.54) is 5.56 Å². The molecule has 4 rings (SSSR count). The van der Waals surface area contributed by atoms with E-state index in [4.69, 9.17) is 4.99 Å². The van der Waals surface area contributed by atoms with Crippen molar-refractivity contribution in [2.24, 2.45) is 4.99 Å². The number of aliphatic imine (C=N–C) groups is 1. The minimum absolute atomic E-state index is 0.131. The molecule has 5 heteroatoms. The molecular weight excluding hydrogens is 461 g/mol. The standard InChI is InChI=1S/C23H20IN3O/c1-25-14-15-7-10-18(11-8-15)26-22(16-5-3-2-4-6-16)21-19-12-9-17(24)13-20(19)27-23(21)28/h2-13,25,27-28H,14H2,1H3. The molecule has 28 heavy (non-hydrogen) atoms. The minimum atomic E-state index is 0.131. The van der Waals surface area contributed by atoms with Crippen LogP contribution in [0.4, 0.5) is 5.69 Å². The first-order valence-electron chi connectivity index (χ1n) is 9.04. The molecule has 0 saturated heterocycles. The fourth-order valence-electron chi connectivity index (χ4n) is 3.28. The van der Waals surface area contributed by atoms with Crippen LogP contribution in [0.1, 0.15) is 16.7 Å². The van der Waals surface area contributed by atoms with E-state index in [1.807, 2.05) is 67.7 Å². The van der Waals surface area contributed by atoms with Gasteiger partial charge in [0.15, 0.2) is 5.88 Å². The molecule has 3 N–H and O–H groups in total. The van der Waals surface area contributed by atoms with Gasteiger partial charge in [0.05, 0.1) is 22.5 Å². The van der Waals surface area contributed by atoms with E-state index in [1.54, 1.807) is 0 Å². The maximum atomic E-state index is 10.7. The van der Waals surface area contributed by atoms with Crippen molar-refractivity contribution in [3.63, 3.8) is 0 Å². The minimum Gasteiger partial charge on any atom is -0.494 e. The quantitative estimate of drug-likeness (QED) is 0.265. The monoisotopic (exact) mass is 481 g/mol. The molecule has 3 aromatic carbocycles. The highest BCUT2D eigenvalue weighted by Gasteiger charge is 2.18. The summed E-state index contributed by atoms with van der Waals surface area (Å²) in [6.45, 7) is 0.817. The van der Waals surface area contributed by atoms with Crippen LogP contribution in [0.5, 0.6) is 5.88 Å². The topological polar surface area (TPSA) is 60.4 Å². The average Bonchev–Trinajstić information content (AvgIpc) is 3.03. The summed E-state index contributed by atoms with van der Waals surface area (Å²) in [5.41, 5.74) is 5.36. The molecule has 1 heterocycles. The predicted octanol–water partition coefficient (Wildman–Crippen LogP) is 5.37. The van der Waals surface area contributed by atoms with Crippen molar-refractivity contribution in [1.82, 2.24) is 10.3 Å². The molecule has 0 bridgehead atoms. The molecule has 0 unspecified atom stereocenters. The Balaban J connectivity index is 1.89. The number of benzene rings is 3. The van der Waals surface area contributed by atoms with Crippen LogP contribution in [0.15, 0.2) is 77.8 Å². The van der Waals surface area contributed by atoms with Gasteiger partial charge in [0.1, 0.15) is 0 Å². The van der Waals surface area contributed by atoms with E-state index in [0.717, 1.165) is 43.5 Å². The highest BCUT2D eigenvalue weighted by Crippen LogP contribution is 2.32. The van der Waals surface area contributed by atoms with Gasteiger partial charge in [-0.2, -0.15) is 0 Å². The van der Waals surface area contributed by atoms with E-state index >= 15 is 0 Å². The van der Waals surface area contributed by atoms with Crippen LogP contribution in [0.25, 0.3) is 10.9 Å². The summed E-state index contributed by atoms with van der Waals surface area (Å²) in [5.74, 6) is 0.131. The Bertz CT molecular complexity index is 1130. The number of rotatable bonds is 5. The molecule has 4 nitrogen and oxygen atoms in total. The van der Waals surface area contributed by atoms with E-state index in [2.05, 4.69) is 45.0 Å². The maximum absolute atomic E-state index is 10.7. The Labute approximate surface area is 177 Å². The van der Waals surface area contributed by atoms with Crippen LogP contribution in [0.3, 0.4) is 0 Å². The second kappa shape index (κ2) is 8.16. The van der Waals surface area contributed by atoms with Gasteiger partial charge in [-0.15, -0.1) is 0 Å². The molecule has 4 aromatic rings. The summed E-state index contributed by atoms with van der Waals surface area (Å²) in [7, 11) is 1.93. The third-order valence-electron chi connectivity index (χ3n) is 4.58. The number of hydrogen-bond acceptors (Lipinski definition) is 3. The first-order valence-corrected chi connectivity index (χ1v) is 10.1. The second-order valence-electron chi connectivity index (χ2n) is 6.56. The summed E-state index contributed by atoms with van der Waals surface area (Å²) in [4.78, 5) is 8.01. The first kappa shape index (κ1) is 18.7. The van der Waals surface area contributed by atoms with Crippen molar-refractivity contribution in [1.29, 1.82) is 0 Å². The van der Waals surface area contributed by atoms with Gasteiger partial charge in [-0.05, 0) is 59.5 Å². The molecule has 140 valence electrons. The molecule has 0 saturated carbocycles. The lowest BCUT2D eigenvalue weighted by Crippen LogP contribution is -2.04. The van der Waals surface area contributed by atoms with Crippen molar-refractivity contribution >= 4 is 44.9 Å². The van der Waals surface area contributed by atoms with Crippen molar-refractivity contribution < 1.29 is 5.11 Å². The lowest BCUT2D eigenvalue weighted by atomic mass is 10.0. The van der Waals surface area contributed by atoms with E-state index in [0.29, 0.717) is 0 Å². The molecule has 0 spiro atoms. The molecule has 0 fully saturated rings. The second-order valence-corrected chi connectivity index (χ2v) is 7.81. The Kier molecular flexibility index (Phi) is 5.45. The number of nitrogens with one attached hydrogen (secondary N) is 2. The van der Waals surface area contributed by atoms with Crippen LogP contribution >= 0.6 is 22.6 Å². The van der Waals surface area contributed by atoms with Crippen molar-refractivity contribution in [2.45, 2.75) is 6.54 Å². The van der Waals surface area contributed by atoms with Crippen LogP contribution in [0, 0.1) is 3.57 Å². The number of aromatic hydroxyl groups is 1. The molecule has 0 aliphatic heterocycles. The van der Waals surface area contributed by atoms with E-state index in [-0.39, 0.29) is 5.88 Å². The molecule has 0 atom stereocenters. The van der Waals surface area contributed by atoms with Gasteiger partial charge in [-0.1, -0.05) is 48.5 Å². The zero-order valence-electron chi connectivity index (χ0n) is 15.4. The van der Waals surface area contributed by atoms with E-state index in [9.17, 15) is 5.11 Å².